The number of hydrogen-bond donors (Lipinski definition) is 1. The average molecular weight is 479 g/mol. The molecule has 182 valence electrons. The summed E-state index contributed by atoms with van der Waals surface area (Å²) in [5.74, 6) is 2.06. The number of rotatable bonds is 5. The summed E-state index contributed by atoms with van der Waals surface area (Å²) in [5.41, 5.74) is 4.69. The molecule has 2 aromatic carbocycles. The molecule has 1 N–H and O–H groups in total. The molecule has 0 aliphatic carbocycles. The number of piperidine rings is 1. The fraction of sp³-hybridized carbons (Fsp3) is 0.310. The first kappa shape index (κ1) is 22.5. The van der Waals surface area contributed by atoms with Crippen molar-refractivity contribution in [2.45, 2.75) is 38.6 Å². The van der Waals surface area contributed by atoms with Crippen LogP contribution in [0.3, 0.4) is 0 Å². The third-order valence-corrected chi connectivity index (χ3v) is 7.28. The maximum absolute atomic E-state index is 13.2. The number of hydrogen-bond acceptors (Lipinski definition) is 5. The molecule has 4 aromatic rings. The standard InChI is InChI=1S/C29H30N6O/c36-29(31-25-11-5-4-10-23(25)26-20-35-17-7-6-12-27(35)30-26)22-15-18-34(19-16-22)28-14-13-24(32-33-28)21-8-2-1-3-9-21/h1-5,8-11,13-14,20,22H,6-7,12,15-19H2,(H,31,36). The highest BCUT2D eigenvalue weighted by atomic mass is 16.1. The van der Waals surface area contributed by atoms with Gasteiger partial charge in [0.25, 0.3) is 0 Å². The molecular formula is C29H30N6O. The molecule has 0 saturated carbocycles. The second-order valence-corrected chi connectivity index (χ2v) is 9.63. The quantitative estimate of drug-likeness (QED) is 0.427. The number of nitrogens with zero attached hydrogens (tertiary/aromatic N) is 5. The van der Waals surface area contributed by atoms with E-state index in [2.05, 4.69) is 31.2 Å². The molecule has 1 saturated heterocycles. The summed E-state index contributed by atoms with van der Waals surface area (Å²) in [6.45, 7) is 2.59. The highest BCUT2D eigenvalue weighted by Gasteiger charge is 2.27. The number of carbonyl (C=O) groups is 1. The number of fused-ring (bicyclic) bond motifs is 1. The molecule has 1 amide bonds. The van der Waals surface area contributed by atoms with Crippen LogP contribution in [0.1, 0.15) is 31.5 Å². The van der Waals surface area contributed by atoms with Gasteiger partial charge in [0.05, 0.1) is 17.1 Å². The predicted octanol–water partition coefficient (Wildman–Crippen LogP) is 5.20. The van der Waals surface area contributed by atoms with E-state index >= 15 is 0 Å². The van der Waals surface area contributed by atoms with Crippen molar-refractivity contribution in [3.8, 4) is 22.5 Å². The van der Waals surface area contributed by atoms with Crippen LogP contribution >= 0.6 is 0 Å². The van der Waals surface area contributed by atoms with Gasteiger partial charge in [0.15, 0.2) is 5.82 Å². The molecule has 36 heavy (non-hydrogen) atoms. The molecule has 0 spiro atoms. The van der Waals surface area contributed by atoms with Crippen LogP contribution in [0, 0.1) is 5.92 Å². The number of para-hydroxylation sites is 1. The lowest BCUT2D eigenvalue weighted by Crippen LogP contribution is -2.38. The van der Waals surface area contributed by atoms with E-state index in [1.165, 1.54) is 12.8 Å². The zero-order valence-corrected chi connectivity index (χ0v) is 20.3. The number of aryl methyl sites for hydroxylation is 2. The fourth-order valence-corrected chi connectivity index (χ4v) is 5.22. The van der Waals surface area contributed by atoms with E-state index in [9.17, 15) is 4.79 Å². The molecule has 2 aliphatic heterocycles. The van der Waals surface area contributed by atoms with Crippen molar-refractivity contribution in [1.29, 1.82) is 0 Å². The Labute approximate surface area is 211 Å². The molecule has 2 aromatic heterocycles. The van der Waals surface area contributed by atoms with E-state index < -0.39 is 0 Å². The van der Waals surface area contributed by atoms with Gasteiger partial charge in [-0.3, -0.25) is 4.79 Å². The van der Waals surface area contributed by atoms with Gasteiger partial charge < -0.3 is 14.8 Å². The molecule has 7 heteroatoms. The molecule has 1 fully saturated rings. The Morgan fingerprint density at radius 3 is 2.42 bits per heavy atom. The first-order valence-electron chi connectivity index (χ1n) is 12.8. The second kappa shape index (κ2) is 9.93. The summed E-state index contributed by atoms with van der Waals surface area (Å²) in [5, 5.41) is 12.1. The maximum atomic E-state index is 13.2. The molecule has 0 radical (unpaired) electrons. The van der Waals surface area contributed by atoms with Crippen LogP contribution in [-0.2, 0) is 17.8 Å². The van der Waals surface area contributed by atoms with Crippen LogP contribution in [-0.4, -0.2) is 38.7 Å². The van der Waals surface area contributed by atoms with Crippen molar-refractivity contribution in [1.82, 2.24) is 19.7 Å². The van der Waals surface area contributed by atoms with Crippen molar-refractivity contribution in [3.05, 3.63) is 78.8 Å². The lowest BCUT2D eigenvalue weighted by atomic mass is 9.95. The van der Waals surface area contributed by atoms with Crippen molar-refractivity contribution in [3.63, 3.8) is 0 Å². The van der Waals surface area contributed by atoms with Crippen LogP contribution in [0.2, 0.25) is 0 Å². The molecule has 0 bridgehead atoms. The topological polar surface area (TPSA) is 75.9 Å². The third-order valence-electron chi connectivity index (χ3n) is 7.28. The molecule has 6 rings (SSSR count). The van der Waals surface area contributed by atoms with Crippen LogP contribution < -0.4 is 10.2 Å². The summed E-state index contributed by atoms with van der Waals surface area (Å²) in [6, 6.07) is 22.1. The molecular weight excluding hydrogens is 448 g/mol. The largest absolute Gasteiger partial charge is 0.355 e. The van der Waals surface area contributed by atoms with Crippen molar-refractivity contribution < 1.29 is 4.79 Å². The van der Waals surface area contributed by atoms with E-state index in [1.54, 1.807) is 0 Å². The van der Waals surface area contributed by atoms with E-state index in [4.69, 9.17) is 4.98 Å². The summed E-state index contributed by atoms with van der Waals surface area (Å²) < 4.78 is 2.25. The molecule has 4 heterocycles. The first-order chi connectivity index (χ1) is 17.7. The van der Waals surface area contributed by atoms with Gasteiger partial charge in [0.2, 0.25) is 5.91 Å². The Balaban J connectivity index is 1.09. The number of nitrogens with one attached hydrogen (secondary N) is 1. The SMILES string of the molecule is O=C(Nc1ccccc1-c1cn2c(n1)CCCC2)C1CCN(c2ccc(-c3ccccc3)nn2)CC1. The number of amides is 1. The maximum Gasteiger partial charge on any atom is 0.227 e. The third kappa shape index (κ3) is 4.61. The summed E-state index contributed by atoms with van der Waals surface area (Å²) in [7, 11) is 0. The summed E-state index contributed by atoms with van der Waals surface area (Å²) in [4.78, 5) is 20.3. The van der Waals surface area contributed by atoms with Gasteiger partial charge in [-0.25, -0.2) is 4.98 Å². The van der Waals surface area contributed by atoms with Crippen LogP contribution in [0.15, 0.2) is 72.9 Å². The Kier molecular flexibility index (Phi) is 6.20. The Hall–Kier alpha value is -4.00. The van der Waals surface area contributed by atoms with Crippen LogP contribution in [0.25, 0.3) is 22.5 Å². The van der Waals surface area contributed by atoms with E-state index in [1.807, 2.05) is 66.7 Å². The summed E-state index contributed by atoms with van der Waals surface area (Å²) >= 11 is 0. The summed E-state index contributed by atoms with van der Waals surface area (Å²) in [6.07, 6.45) is 7.11. The number of aromatic nitrogens is 4. The van der Waals surface area contributed by atoms with Gasteiger partial charge in [0, 0.05) is 49.3 Å². The number of anilines is 2. The minimum Gasteiger partial charge on any atom is -0.355 e. The Morgan fingerprint density at radius 1 is 0.833 bits per heavy atom. The van der Waals surface area contributed by atoms with Crippen molar-refractivity contribution in [2.24, 2.45) is 5.92 Å². The van der Waals surface area contributed by atoms with Crippen LogP contribution in [0.5, 0.6) is 0 Å². The Morgan fingerprint density at radius 2 is 1.64 bits per heavy atom. The predicted molar refractivity (Wildman–Crippen MR) is 142 cm³/mol. The smallest absolute Gasteiger partial charge is 0.227 e. The monoisotopic (exact) mass is 478 g/mol. The highest BCUT2D eigenvalue weighted by molar-refractivity contribution is 5.96. The lowest BCUT2D eigenvalue weighted by molar-refractivity contribution is -0.120. The minimum atomic E-state index is -0.0268. The van der Waals surface area contributed by atoms with E-state index in [0.717, 1.165) is 78.7 Å². The first-order valence-corrected chi connectivity index (χ1v) is 12.8. The zero-order chi connectivity index (χ0) is 24.3. The van der Waals surface area contributed by atoms with Gasteiger partial charge in [-0.05, 0) is 43.9 Å². The lowest BCUT2D eigenvalue weighted by Gasteiger charge is -2.32. The highest BCUT2D eigenvalue weighted by Crippen LogP contribution is 2.30. The minimum absolute atomic E-state index is 0.0268. The van der Waals surface area contributed by atoms with Gasteiger partial charge in [-0.2, -0.15) is 0 Å². The van der Waals surface area contributed by atoms with E-state index in [0.29, 0.717) is 0 Å². The number of carbonyl (C=O) groups excluding carboxylic acids is 1. The van der Waals surface area contributed by atoms with Gasteiger partial charge in [-0.1, -0.05) is 48.5 Å². The Bertz CT molecular complexity index is 1320. The van der Waals surface area contributed by atoms with Crippen molar-refractivity contribution in [2.75, 3.05) is 23.3 Å². The number of benzene rings is 2. The van der Waals surface area contributed by atoms with Gasteiger partial charge >= 0.3 is 0 Å². The average Bonchev–Trinajstić information content (AvgIpc) is 3.38. The molecule has 7 nitrogen and oxygen atoms in total. The second-order valence-electron chi connectivity index (χ2n) is 9.63. The zero-order valence-electron chi connectivity index (χ0n) is 20.3. The normalized spacial score (nSPS) is 15.9. The van der Waals surface area contributed by atoms with Crippen LogP contribution in [0.4, 0.5) is 11.5 Å². The molecule has 2 aliphatic rings. The van der Waals surface area contributed by atoms with Crippen molar-refractivity contribution >= 4 is 17.4 Å². The molecule has 0 unspecified atom stereocenters. The molecule has 0 atom stereocenters. The van der Waals surface area contributed by atoms with Gasteiger partial charge in [0.1, 0.15) is 5.82 Å². The van der Waals surface area contributed by atoms with Gasteiger partial charge in [-0.15, -0.1) is 10.2 Å². The fourth-order valence-electron chi connectivity index (χ4n) is 5.22. The number of imidazole rings is 1. The van der Waals surface area contributed by atoms with E-state index in [-0.39, 0.29) is 11.8 Å².